The average molecular weight is 558 g/mol. The Bertz CT molecular complexity index is 1250. The van der Waals surface area contributed by atoms with E-state index in [0.717, 1.165) is 62.9 Å². The first kappa shape index (κ1) is 29.3. The quantitative estimate of drug-likeness (QED) is 0.182. The fraction of sp³-hybridized carbons (Fsp3) is 0.294. The van der Waals surface area contributed by atoms with Gasteiger partial charge in [-0.1, -0.05) is 133 Å². The molecule has 0 radical (unpaired) electrons. The van der Waals surface area contributed by atoms with Gasteiger partial charge in [0, 0.05) is 21.2 Å². The summed E-state index contributed by atoms with van der Waals surface area (Å²) in [6, 6.07) is 32.4. The van der Waals surface area contributed by atoms with E-state index >= 15 is 9.13 Å². The molecule has 5 heteroatoms. The number of rotatable bonds is 11. The summed E-state index contributed by atoms with van der Waals surface area (Å²) in [6.07, 6.45) is 2.65. The molecule has 4 aromatic carbocycles. The van der Waals surface area contributed by atoms with Crippen LogP contribution >= 0.6 is 14.3 Å². The van der Waals surface area contributed by atoms with Crippen molar-refractivity contribution in [3.63, 3.8) is 0 Å². The predicted octanol–water partition coefficient (Wildman–Crippen LogP) is 7.27. The lowest BCUT2D eigenvalue weighted by Gasteiger charge is -2.32. The minimum absolute atomic E-state index is 0.348. The molecule has 0 bridgehead atoms. The van der Waals surface area contributed by atoms with E-state index in [1.54, 1.807) is 0 Å². The summed E-state index contributed by atoms with van der Waals surface area (Å²) >= 11 is 0. The Hall–Kier alpha value is -2.70. The maximum Gasteiger partial charge on any atom is 0.156 e. The van der Waals surface area contributed by atoms with E-state index in [2.05, 4.69) is 11.8 Å². The molecule has 4 aromatic rings. The topological polar surface area (TPSA) is 37.4 Å². The van der Waals surface area contributed by atoms with Gasteiger partial charge < -0.3 is 9.13 Å². The molecule has 0 N–H and O–H groups in total. The van der Waals surface area contributed by atoms with Crippen LogP contribution in [0.25, 0.3) is 0 Å². The van der Waals surface area contributed by atoms with Crippen LogP contribution in [-0.4, -0.2) is 24.0 Å². The predicted molar refractivity (Wildman–Crippen MR) is 170 cm³/mol. The third kappa shape index (κ3) is 6.90. The van der Waals surface area contributed by atoms with Crippen molar-refractivity contribution in [3.05, 3.63) is 119 Å². The lowest BCUT2D eigenvalue weighted by Crippen LogP contribution is -2.35. The number of hydrogen-bond acceptors (Lipinski definition) is 3. The van der Waals surface area contributed by atoms with Crippen LogP contribution < -0.4 is 21.2 Å². The average Bonchev–Trinajstić information content (AvgIpc) is 2.93. The molecular weight excluding hydrogens is 516 g/mol. The third-order valence-corrected chi connectivity index (χ3v) is 13.6. The fourth-order valence-corrected chi connectivity index (χ4v) is 10.4. The molecule has 0 aliphatic heterocycles. The van der Waals surface area contributed by atoms with Crippen LogP contribution in [0.1, 0.15) is 42.0 Å². The SMILES string of the molecule is CCCCN(CP(=O)(c1ccc(C)cc1)c1ccc(C)cc1)CP(=O)(c1ccc(C)cc1)c1ccc(C)cc1. The summed E-state index contributed by atoms with van der Waals surface area (Å²) in [5, 5.41) is 3.39. The van der Waals surface area contributed by atoms with Gasteiger partial charge in [-0.2, -0.15) is 0 Å². The Labute approximate surface area is 235 Å². The van der Waals surface area contributed by atoms with Gasteiger partial charge in [-0.15, -0.1) is 0 Å². The largest absolute Gasteiger partial charge is 0.312 e. The summed E-state index contributed by atoms with van der Waals surface area (Å²) in [6.45, 7) is 11.1. The van der Waals surface area contributed by atoms with Crippen LogP contribution in [-0.2, 0) is 9.13 Å². The Morgan fingerprint density at radius 3 is 0.974 bits per heavy atom. The Morgan fingerprint density at radius 1 is 0.487 bits per heavy atom. The normalized spacial score (nSPS) is 12.2. The number of benzene rings is 4. The molecule has 0 saturated heterocycles. The molecule has 0 spiro atoms. The van der Waals surface area contributed by atoms with Crippen molar-refractivity contribution in [1.29, 1.82) is 0 Å². The van der Waals surface area contributed by atoms with Crippen molar-refractivity contribution in [1.82, 2.24) is 4.90 Å². The van der Waals surface area contributed by atoms with Gasteiger partial charge in [0.1, 0.15) is 0 Å². The summed E-state index contributed by atoms with van der Waals surface area (Å²) < 4.78 is 30.3. The van der Waals surface area contributed by atoms with Crippen molar-refractivity contribution < 1.29 is 9.13 Å². The summed E-state index contributed by atoms with van der Waals surface area (Å²) in [7, 11) is -6.08. The molecular formula is C34H41NO2P2. The van der Waals surface area contributed by atoms with E-state index in [0.29, 0.717) is 12.6 Å². The highest BCUT2D eigenvalue weighted by atomic mass is 31.2. The van der Waals surface area contributed by atoms with Gasteiger partial charge in [-0.25, -0.2) is 0 Å². The summed E-state index contributed by atoms with van der Waals surface area (Å²) in [4.78, 5) is 2.21. The first-order valence-electron chi connectivity index (χ1n) is 13.8. The van der Waals surface area contributed by atoms with Gasteiger partial charge in [0.25, 0.3) is 0 Å². The first-order chi connectivity index (χ1) is 18.6. The van der Waals surface area contributed by atoms with Crippen LogP contribution in [0.4, 0.5) is 0 Å². The van der Waals surface area contributed by atoms with Gasteiger partial charge in [0.2, 0.25) is 0 Å². The Balaban J connectivity index is 1.81. The second kappa shape index (κ2) is 12.6. The zero-order chi connectivity index (χ0) is 28.0. The van der Waals surface area contributed by atoms with Crippen LogP contribution in [0.5, 0.6) is 0 Å². The minimum Gasteiger partial charge on any atom is -0.312 e. The second-order valence-electron chi connectivity index (χ2n) is 10.9. The minimum atomic E-state index is -3.04. The molecule has 39 heavy (non-hydrogen) atoms. The molecule has 0 atom stereocenters. The Morgan fingerprint density at radius 2 is 0.744 bits per heavy atom. The van der Waals surface area contributed by atoms with Crippen molar-refractivity contribution in [2.24, 2.45) is 0 Å². The Kier molecular flexibility index (Phi) is 9.50. The third-order valence-electron chi connectivity index (χ3n) is 7.43. The van der Waals surface area contributed by atoms with Crippen molar-refractivity contribution in [3.8, 4) is 0 Å². The zero-order valence-electron chi connectivity index (χ0n) is 23.9. The maximum atomic E-state index is 15.1. The van der Waals surface area contributed by atoms with Crippen LogP contribution in [0.2, 0.25) is 0 Å². The highest BCUT2D eigenvalue weighted by Crippen LogP contribution is 2.49. The van der Waals surface area contributed by atoms with Crippen LogP contribution in [0, 0.1) is 27.7 Å². The van der Waals surface area contributed by atoms with Crippen LogP contribution in [0.15, 0.2) is 97.1 Å². The van der Waals surface area contributed by atoms with Gasteiger partial charge >= 0.3 is 0 Å². The van der Waals surface area contributed by atoms with E-state index in [1.165, 1.54) is 0 Å². The summed E-state index contributed by atoms with van der Waals surface area (Å²) in [5.41, 5.74) is 4.56. The van der Waals surface area contributed by atoms with E-state index in [9.17, 15) is 0 Å². The van der Waals surface area contributed by atoms with Gasteiger partial charge in [-0.05, 0) is 40.7 Å². The first-order valence-corrected chi connectivity index (χ1v) is 17.6. The smallest absolute Gasteiger partial charge is 0.156 e. The van der Waals surface area contributed by atoms with Gasteiger partial charge in [0.15, 0.2) is 14.3 Å². The van der Waals surface area contributed by atoms with E-state index in [1.807, 2.05) is 125 Å². The molecule has 0 unspecified atom stereocenters. The monoisotopic (exact) mass is 557 g/mol. The highest BCUT2D eigenvalue weighted by Gasteiger charge is 2.35. The highest BCUT2D eigenvalue weighted by molar-refractivity contribution is 7.79. The maximum absolute atomic E-state index is 15.1. The van der Waals surface area contributed by atoms with Crippen molar-refractivity contribution in [2.75, 3.05) is 19.1 Å². The van der Waals surface area contributed by atoms with Crippen molar-refractivity contribution in [2.45, 2.75) is 47.5 Å². The number of unbranched alkanes of at least 4 members (excludes halogenated alkanes) is 1. The van der Waals surface area contributed by atoms with Gasteiger partial charge in [-0.3, -0.25) is 4.90 Å². The molecule has 204 valence electrons. The molecule has 4 rings (SSSR count). The molecule has 0 heterocycles. The number of aryl methyl sites for hydroxylation is 4. The molecule has 3 nitrogen and oxygen atoms in total. The van der Waals surface area contributed by atoms with E-state index in [-0.39, 0.29) is 0 Å². The molecule has 0 amide bonds. The second-order valence-corrected chi connectivity index (χ2v) is 16.4. The zero-order valence-corrected chi connectivity index (χ0v) is 25.7. The lowest BCUT2D eigenvalue weighted by atomic mass is 10.2. The standard InChI is InChI=1S/C34H41NO2P2/c1-6-7-24-35(25-38(36,31-16-8-27(2)9-17-31)32-18-10-28(3)11-19-32)26-39(37,33-20-12-29(4)13-21-33)34-22-14-30(5)15-23-34/h8-23H,6-7,24-26H2,1-5H3. The molecule has 0 saturated carbocycles. The molecule has 0 aliphatic carbocycles. The molecule has 0 aliphatic rings. The lowest BCUT2D eigenvalue weighted by molar-refractivity contribution is 0.353. The van der Waals surface area contributed by atoms with Crippen LogP contribution in [0.3, 0.4) is 0 Å². The number of hydrogen-bond donors (Lipinski definition) is 0. The van der Waals surface area contributed by atoms with E-state index in [4.69, 9.17) is 0 Å². The molecule has 0 aromatic heterocycles. The van der Waals surface area contributed by atoms with E-state index < -0.39 is 14.3 Å². The van der Waals surface area contributed by atoms with Crippen molar-refractivity contribution >= 4 is 35.5 Å². The van der Waals surface area contributed by atoms with Gasteiger partial charge in [0.05, 0.1) is 12.6 Å². The number of nitrogens with zero attached hydrogens (tertiary/aromatic N) is 1. The fourth-order valence-electron chi connectivity index (χ4n) is 4.90. The summed E-state index contributed by atoms with van der Waals surface area (Å²) in [5.74, 6) is 0. The molecule has 0 fully saturated rings.